The molecule has 0 bridgehead atoms. The lowest BCUT2D eigenvalue weighted by atomic mass is 9.93. The fourth-order valence-corrected chi connectivity index (χ4v) is 3.86. The van der Waals surface area contributed by atoms with Crippen LogP contribution in [0.3, 0.4) is 0 Å². The average Bonchev–Trinajstić information content (AvgIpc) is 2.69. The number of carbonyl (C=O) groups excluding carboxylic acids is 3. The normalized spacial score (nSPS) is 19.4. The molecule has 1 aromatic rings. The van der Waals surface area contributed by atoms with Crippen LogP contribution in [0.4, 0.5) is 4.79 Å². The van der Waals surface area contributed by atoms with Gasteiger partial charge in [0.05, 0.1) is 6.61 Å². The van der Waals surface area contributed by atoms with Gasteiger partial charge in [-0.25, -0.2) is 4.79 Å². The first-order valence-corrected chi connectivity index (χ1v) is 9.96. The number of urea groups is 1. The molecule has 2 fully saturated rings. The van der Waals surface area contributed by atoms with Crippen molar-refractivity contribution < 1.29 is 24.2 Å². The Hall–Kier alpha value is -3.09. The van der Waals surface area contributed by atoms with E-state index in [0.29, 0.717) is 24.2 Å². The predicted molar refractivity (Wildman–Crippen MR) is 108 cm³/mol. The van der Waals surface area contributed by atoms with Gasteiger partial charge in [0.25, 0.3) is 11.8 Å². The number of nitrogens with one attached hydrogen (secondary N) is 1. The monoisotopic (exact) mass is 398 g/mol. The number of aromatic hydroxyl groups is 1. The summed E-state index contributed by atoms with van der Waals surface area (Å²) in [5, 5.41) is 12.6. The number of imide groups is 2. The molecule has 1 aliphatic carbocycles. The van der Waals surface area contributed by atoms with Gasteiger partial charge < -0.3 is 9.84 Å². The number of phenolic OH excluding ortho intramolecular Hbond substituents is 1. The summed E-state index contributed by atoms with van der Waals surface area (Å²) < 4.78 is 5.48. The number of barbiturate groups is 1. The standard InChI is InChI=1S/C22H26N2O5/c1-3-8-15-11-14(13-18(19(15)25)29-4-2)12-17-20(26)23-22(28)24(21(17)27)16-9-6-5-7-10-16/h3,11-13,16,25H,1,4-10H2,2H3,(H,23,26,28). The lowest BCUT2D eigenvalue weighted by Gasteiger charge is -2.35. The molecule has 1 aliphatic heterocycles. The van der Waals surface area contributed by atoms with Crippen LogP contribution in [-0.4, -0.2) is 40.5 Å². The summed E-state index contributed by atoms with van der Waals surface area (Å²) >= 11 is 0. The Morgan fingerprint density at radius 1 is 1.24 bits per heavy atom. The van der Waals surface area contributed by atoms with Crippen LogP contribution in [-0.2, 0) is 16.0 Å². The van der Waals surface area contributed by atoms with Crippen molar-refractivity contribution in [1.29, 1.82) is 0 Å². The zero-order chi connectivity index (χ0) is 21.0. The minimum Gasteiger partial charge on any atom is -0.504 e. The molecular weight excluding hydrogens is 372 g/mol. The summed E-state index contributed by atoms with van der Waals surface area (Å²) in [6.07, 6.45) is 7.97. The third-order valence-electron chi connectivity index (χ3n) is 5.22. The van der Waals surface area contributed by atoms with Crippen LogP contribution in [0.2, 0.25) is 0 Å². The highest BCUT2D eigenvalue weighted by atomic mass is 16.5. The molecule has 0 unspecified atom stereocenters. The average molecular weight is 398 g/mol. The molecule has 2 aliphatic rings. The largest absolute Gasteiger partial charge is 0.504 e. The topological polar surface area (TPSA) is 95.9 Å². The Kier molecular flexibility index (Phi) is 6.36. The molecule has 29 heavy (non-hydrogen) atoms. The van der Waals surface area contributed by atoms with Gasteiger partial charge >= 0.3 is 6.03 Å². The van der Waals surface area contributed by atoms with E-state index in [4.69, 9.17) is 4.74 Å². The molecule has 7 nitrogen and oxygen atoms in total. The Bertz CT molecular complexity index is 868. The Morgan fingerprint density at radius 2 is 1.97 bits per heavy atom. The first-order valence-electron chi connectivity index (χ1n) is 9.96. The van der Waals surface area contributed by atoms with Gasteiger partial charge in [-0.05, 0) is 50.0 Å². The zero-order valence-electron chi connectivity index (χ0n) is 16.6. The Balaban J connectivity index is 1.99. The number of hydrogen-bond acceptors (Lipinski definition) is 5. The highest BCUT2D eigenvalue weighted by molar-refractivity contribution is 6.31. The summed E-state index contributed by atoms with van der Waals surface area (Å²) in [7, 11) is 0. The van der Waals surface area contributed by atoms with E-state index in [-0.39, 0.29) is 23.1 Å². The summed E-state index contributed by atoms with van der Waals surface area (Å²) in [5.74, 6) is -1.03. The number of nitrogens with zero attached hydrogens (tertiary/aromatic N) is 1. The maximum atomic E-state index is 13.0. The zero-order valence-corrected chi connectivity index (χ0v) is 16.6. The number of hydrogen-bond donors (Lipinski definition) is 2. The van der Waals surface area contributed by atoms with Crippen LogP contribution in [0, 0.1) is 0 Å². The first-order chi connectivity index (χ1) is 14.0. The molecule has 0 atom stereocenters. The van der Waals surface area contributed by atoms with E-state index < -0.39 is 17.8 Å². The Labute approximate surface area is 170 Å². The van der Waals surface area contributed by atoms with Gasteiger partial charge in [-0.2, -0.15) is 0 Å². The third kappa shape index (κ3) is 4.34. The molecule has 1 saturated carbocycles. The summed E-state index contributed by atoms with van der Waals surface area (Å²) in [6, 6.07) is 2.40. The van der Waals surface area contributed by atoms with E-state index in [0.717, 1.165) is 32.1 Å². The summed E-state index contributed by atoms with van der Waals surface area (Å²) in [5.41, 5.74) is 0.995. The smallest absolute Gasteiger partial charge is 0.331 e. The minimum atomic E-state index is -0.719. The van der Waals surface area contributed by atoms with Gasteiger partial charge in [-0.3, -0.25) is 19.8 Å². The number of phenols is 1. The first kappa shape index (κ1) is 20.6. The molecule has 3 rings (SSSR count). The van der Waals surface area contributed by atoms with Crippen LogP contribution < -0.4 is 10.1 Å². The van der Waals surface area contributed by atoms with Gasteiger partial charge in [-0.15, -0.1) is 6.58 Å². The van der Waals surface area contributed by atoms with Crippen molar-refractivity contribution in [2.45, 2.75) is 51.5 Å². The quantitative estimate of drug-likeness (QED) is 0.435. The predicted octanol–water partition coefficient (Wildman–Crippen LogP) is 3.31. The van der Waals surface area contributed by atoms with Crippen molar-refractivity contribution >= 4 is 23.9 Å². The number of amides is 4. The molecule has 1 aromatic carbocycles. The van der Waals surface area contributed by atoms with Crippen molar-refractivity contribution in [3.63, 3.8) is 0 Å². The van der Waals surface area contributed by atoms with Gasteiger partial charge in [0.15, 0.2) is 11.5 Å². The molecule has 0 spiro atoms. The molecule has 154 valence electrons. The van der Waals surface area contributed by atoms with E-state index >= 15 is 0 Å². The molecule has 1 heterocycles. The summed E-state index contributed by atoms with van der Waals surface area (Å²) in [4.78, 5) is 38.9. The molecule has 0 aromatic heterocycles. The molecule has 1 saturated heterocycles. The molecular formula is C22H26N2O5. The second-order valence-corrected chi connectivity index (χ2v) is 7.24. The van der Waals surface area contributed by atoms with Gasteiger partial charge in [-0.1, -0.05) is 25.3 Å². The molecule has 7 heteroatoms. The lowest BCUT2D eigenvalue weighted by molar-refractivity contribution is -0.132. The van der Waals surface area contributed by atoms with Crippen molar-refractivity contribution in [1.82, 2.24) is 10.2 Å². The fourth-order valence-electron chi connectivity index (χ4n) is 3.86. The molecule has 4 amide bonds. The van der Waals surface area contributed by atoms with E-state index in [1.165, 1.54) is 11.0 Å². The van der Waals surface area contributed by atoms with E-state index in [2.05, 4.69) is 11.9 Å². The van der Waals surface area contributed by atoms with Gasteiger partial charge in [0.1, 0.15) is 5.57 Å². The van der Waals surface area contributed by atoms with Crippen LogP contribution in [0.15, 0.2) is 30.4 Å². The number of allylic oxidation sites excluding steroid dienone is 1. The Morgan fingerprint density at radius 3 is 2.62 bits per heavy atom. The number of carbonyl (C=O) groups is 3. The lowest BCUT2D eigenvalue weighted by Crippen LogP contribution is -2.58. The number of benzene rings is 1. The number of rotatable bonds is 6. The van der Waals surface area contributed by atoms with Crippen LogP contribution in [0.25, 0.3) is 6.08 Å². The third-order valence-corrected chi connectivity index (χ3v) is 5.22. The van der Waals surface area contributed by atoms with Crippen molar-refractivity contribution in [3.8, 4) is 11.5 Å². The van der Waals surface area contributed by atoms with E-state index in [1.807, 2.05) is 0 Å². The van der Waals surface area contributed by atoms with E-state index in [9.17, 15) is 19.5 Å². The minimum absolute atomic E-state index is 0.00679. The van der Waals surface area contributed by atoms with Crippen LogP contribution in [0.5, 0.6) is 11.5 Å². The van der Waals surface area contributed by atoms with Crippen LogP contribution in [0.1, 0.15) is 50.2 Å². The molecule has 2 N–H and O–H groups in total. The highest BCUT2D eigenvalue weighted by Gasteiger charge is 2.40. The SMILES string of the molecule is C=CCc1cc(C=C2C(=O)NC(=O)N(C3CCCCC3)C2=O)cc(OCC)c1O. The van der Waals surface area contributed by atoms with E-state index in [1.54, 1.807) is 25.1 Å². The van der Waals surface area contributed by atoms with Crippen LogP contribution >= 0.6 is 0 Å². The van der Waals surface area contributed by atoms with Gasteiger partial charge in [0.2, 0.25) is 0 Å². The van der Waals surface area contributed by atoms with Crippen molar-refractivity contribution in [3.05, 3.63) is 41.5 Å². The number of ether oxygens (including phenoxy) is 1. The maximum Gasteiger partial charge on any atom is 0.331 e. The summed E-state index contributed by atoms with van der Waals surface area (Å²) in [6.45, 7) is 5.83. The highest BCUT2D eigenvalue weighted by Crippen LogP contribution is 2.34. The van der Waals surface area contributed by atoms with Crippen molar-refractivity contribution in [2.24, 2.45) is 0 Å². The maximum absolute atomic E-state index is 13.0. The second-order valence-electron chi connectivity index (χ2n) is 7.24. The second kappa shape index (κ2) is 8.94. The fraction of sp³-hybridized carbons (Fsp3) is 0.409. The van der Waals surface area contributed by atoms with Gasteiger partial charge in [0, 0.05) is 11.6 Å². The van der Waals surface area contributed by atoms with Crippen molar-refractivity contribution in [2.75, 3.05) is 6.61 Å². The molecule has 0 radical (unpaired) electrons.